The van der Waals surface area contributed by atoms with Gasteiger partial charge >= 0.3 is 12.4 Å². The van der Waals surface area contributed by atoms with Crippen molar-refractivity contribution in [3.63, 3.8) is 0 Å². The first-order valence-electron chi connectivity index (χ1n) is 16.5. The highest BCUT2D eigenvalue weighted by atomic mass is 19.4. The lowest BCUT2D eigenvalue weighted by molar-refractivity contribution is -0.142. The minimum Gasteiger partial charge on any atom is -0.308 e. The zero-order valence-electron chi connectivity index (χ0n) is 28.4. The predicted octanol–water partition coefficient (Wildman–Crippen LogP) is 12.7. The Morgan fingerprint density at radius 3 is 1.19 bits per heavy atom. The van der Waals surface area contributed by atoms with Crippen LogP contribution in [0.4, 0.5) is 26.3 Å². The minimum atomic E-state index is -5.12. The molecule has 0 bridgehead atoms. The van der Waals surface area contributed by atoms with Crippen molar-refractivity contribution in [2.24, 2.45) is 0 Å². The van der Waals surface area contributed by atoms with Gasteiger partial charge in [-0.1, -0.05) is 52.6 Å². The van der Waals surface area contributed by atoms with Crippen LogP contribution in [0.15, 0.2) is 103 Å². The van der Waals surface area contributed by atoms with Crippen LogP contribution >= 0.6 is 0 Å². The fourth-order valence-corrected chi connectivity index (χ4v) is 7.46. The number of benzene rings is 6. The Morgan fingerprint density at radius 1 is 0.481 bits per heavy atom. The van der Waals surface area contributed by atoms with Gasteiger partial charge in [0.2, 0.25) is 0 Å². The predicted molar refractivity (Wildman–Crippen MR) is 194 cm³/mol. The van der Waals surface area contributed by atoms with Gasteiger partial charge in [-0.25, -0.2) is 0 Å². The van der Waals surface area contributed by atoms with Gasteiger partial charge in [0.05, 0.1) is 44.6 Å². The van der Waals surface area contributed by atoms with Gasteiger partial charge in [0.1, 0.15) is 11.6 Å². The lowest BCUT2D eigenvalue weighted by Crippen LogP contribution is -2.12. The molecule has 0 fully saturated rings. The second kappa shape index (κ2) is 11.5. The monoisotopic (exact) mass is 701 g/mol. The van der Waals surface area contributed by atoms with E-state index in [4.69, 9.17) is 0 Å². The molecule has 2 aromatic heterocycles. The molecule has 0 saturated heterocycles. The Morgan fingerprint density at radius 2 is 0.865 bits per heavy atom. The zero-order chi connectivity index (χ0) is 36.9. The lowest BCUT2D eigenvalue weighted by atomic mass is 9.94. The van der Waals surface area contributed by atoms with Gasteiger partial charge in [-0.3, -0.25) is 0 Å². The van der Waals surface area contributed by atoms with Crippen molar-refractivity contribution in [1.82, 2.24) is 9.13 Å². The fraction of sp³-hybridized carbons (Fsp3) is 0.140. The van der Waals surface area contributed by atoms with E-state index in [2.05, 4.69) is 6.07 Å². The molecular weight excluding hydrogens is 672 g/mol. The molecule has 8 aromatic rings. The van der Waals surface area contributed by atoms with Gasteiger partial charge in [-0.05, 0) is 112 Å². The summed E-state index contributed by atoms with van der Waals surface area (Å²) in [4.78, 5) is 0. The first kappa shape index (κ1) is 33.2. The smallest absolute Gasteiger partial charge is 0.308 e. The van der Waals surface area contributed by atoms with Crippen LogP contribution in [-0.2, 0) is 12.4 Å². The summed E-state index contributed by atoms with van der Waals surface area (Å²) in [6.07, 6.45) is -10.1. The molecule has 6 aromatic carbocycles. The molecule has 0 radical (unpaired) electrons. The molecule has 0 aliphatic carbocycles. The van der Waals surface area contributed by atoms with E-state index in [0.29, 0.717) is 17.4 Å². The third-order valence-electron chi connectivity index (χ3n) is 9.81. The van der Waals surface area contributed by atoms with Crippen LogP contribution in [0.1, 0.15) is 38.9 Å². The molecule has 0 aliphatic rings. The largest absolute Gasteiger partial charge is 0.417 e. The molecule has 0 spiro atoms. The number of hydrogen-bond acceptors (Lipinski definition) is 1. The highest BCUT2D eigenvalue weighted by Gasteiger charge is 2.39. The van der Waals surface area contributed by atoms with Gasteiger partial charge in [0, 0.05) is 21.5 Å². The Bertz CT molecular complexity index is 2560. The maximum atomic E-state index is 14.7. The Balaban J connectivity index is 1.58. The van der Waals surface area contributed by atoms with Gasteiger partial charge < -0.3 is 9.13 Å². The standard InChI is InChI=1S/C43H29F6N3/c1-23-5-11-36-30(15-23)31-16-24(2)6-12-37(31)51(36)40-19-27(29-10-9-28(42(44,45)46)21-35(29)43(47,48)49)20-41(34(40)22-50)52-38-13-7-25(3)17-32(38)33-18-26(4)8-14-39(33)52/h5-21H,1-4H3. The third kappa shape index (κ3) is 5.20. The van der Waals surface area contributed by atoms with E-state index in [1.165, 1.54) is 12.1 Å². The van der Waals surface area contributed by atoms with Crippen molar-refractivity contribution in [2.75, 3.05) is 0 Å². The summed E-state index contributed by atoms with van der Waals surface area (Å²) in [6.45, 7) is 7.86. The molecule has 0 aliphatic heterocycles. The molecule has 0 N–H and O–H groups in total. The van der Waals surface area contributed by atoms with Crippen LogP contribution in [0.5, 0.6) is 0 Å². The second-order valence-electron chi connectivity index (χ2n) is 13.5. The summed E-state index contributed by atoms with van der Waals surface area (Å²) in [5.41, 5.74) is 4.41. The Hall–Kier alpha value is -6.01. The van der Waals surface area contributed by atoms with E-state index in [0.717, 1.165) is 71.9 Å². The van der Waals surface area contributed by atoms with Crippen LogP contribution in [0.3, 0.4) is 0 Å². The molecule has 258 valence electrons. The number of alkyl halides is 6. The second-order valence-corrected chi connectivity index (χ2v) is 13.5. The maximum Gasteiger partial charge on any atom is 0.417 e. The summed E-state index contributed by atoms with van der Waals surface area (Å²) in [6, 6.07) is 30.5. The highest BCUT2D eigenvalue weighted by molar-refractivity contribution is 6.11. The number of halogens is 6. The SMILES string of the molecule is Cc1ccc2c(c1)c1cc(C)ccc1n2-c1cc(-c2ccc(C(F)(F)F)cc2C(F)(F)F)cc(-n2c3ccc(C)cc3c3cc(C)ccc32)c1C#N. The quantitative estimate of drug-likeness (QED) is 0.169. The van der Waals surface area contributed by atoms with E-state index < -0.39 is 29.0 Å². The molecule has 0 saturated carbocycles. The zero-order valence-corrected chi connectivity index (χ0v) is 28.4. The van der Waals surface area contributed by atoms with Crippen molar-refractivity contribution in [2.45, 2.75) is 40.0 Å². The van der Waals surface area contributed by atoms with E-state index in [-0.39, 0.29) is 17.2 Å². The summed E-state index contributed by atoms with van der Waals surface area (Å²) in [7, 11) is 0. The van der Waals surface area contributed by atoms with E-state index in [1.807, 2.05) is 110 Å². The minimum absolute atomic E-state index is 0.00787. The highest BCUT2D eigenvalue weighted by Crippen LogP contribution is 2.45. The molecule has 2 heterocycles. The molecule has 0 amide bonds. The molecule has 3 nitrogen and oxygen atoms in total. The van der Waals surface area contributed by atoms with Crippen LogP contribution in [0.25, 0.3) is 66.1 Å². The first-order valence-corrected chi connectivity index (χ1v) is 16.5. The number of aryl methyl sites for hydroxylation is 4. The van der Waals surface area contributed by atoms with Crippen molar-refractivity contribution in [3.05, 3.63) is 142 Å². The average Bonchev–Trinajstić information content (AvgIpc) is 3.57. The molecule has 0 unspecified atom stereocenters. The van der Waals surface area contributed by atoms with Crippen molar-refractivity contribution < 1.29 is 26.3 Å². The molecule has 52 heavy (non-hydrogen) atoms. The number of fused-ring (bicyclic) bond motifs is 6. The number of rotatable bonds is 3. The van der Waals surface area contributed by atoms with Crippen LogP contribution in [0, 0.1) is 39.0 Å². The van der Waals surface area contributed by atoms with Crippen molar-refractivity contribution >= 4 is 43.6 Å². The van der Waals surface area contributed by atoms with Crippen LogP contribution in [0.2, 0.25) is 0 Å². The topological polar surface area (TPSA) is 33.6 Å². The number of hydrogen-bond donors (Lipinski definition) is 0. The number of aromatic nitrogens is 2. The Kier molecular flexibility index (Phi) is 7.33. The molecule has 9 heteroatoms. The third-order valence-corrected chi connectivity index (χ3v) is 9.81. The summed E-state index contributed by atoms with van der Waals surface area (Å²) < 4.78 is 89.3. The van der Waals surface area contributed by atoms with Crippen molar-refractivity contribution in [3.8, 4) is 28.6 Å². The molecular formula is C43H29F6N3. The number of nitrogens with zero attached hydrogens (tertiary/aromatic N) is 3. The van der Waals surface area contributed by atoms with Gasteiger partial charge in [0.25, 0.3) is 0 Å². The van der Waals surface area contributed by atoms with Gasteiger partial charge in [0.15, 0.2) is 0 Å². The molecule has 0 atom stereocenters. The van der Waals surface area contributed by atoms with Crippen LogP contribution < -0.4 is 0 Å². The molecule has 8 rings (SSSR count). The number of nitriles is 1. The fourth-order valence-electron chi connectivity index (χ4n) is 7.46. The van der Waals surface area contributed by atoms with Crippen LogP contribution in [-0.4, -0.2) is 9.13 Å². The van der Waals surface area contributed by atoms with Gasteiger partial charge in [-0.15, -0.1) is 0 Å². The maximum absolute atomic E-state index is 14.7. The first-order chi connectivity index (χ1) is 24.6. The van der Waals surface area contributed by atoms with E-state index >= 15 is 0 Å². The average molecular weight is 702 g/mol. The van der Waals surface area contributed by atoms with Crippen molar-refractivity contribution in [1.29, 1.82) is 5.26 Å². The summed E-state index contributed by atoms with van der Waals surface area (Å²) in [5.74, 6) is 0. The van der Waals surface area contributed by atoms with E-state index in [1.54, 1.807) is 0 Å². The van der Waals surface area contributed by atoms with E-state index in [9.17, 15) is 31.6 Å². The summed E-state index contributed by atoms with van der Waals surface area (Å²) >= 11 is 0. The lowest BCUT2D eigenvalue weighted by Gasteiger charge is -2.21. The normalized spacial score (nSPS) is 12.4. The van der Waals surface area contributed by atoms with Gasteiger partial charge in [-0.2, -0.15) is 31.6 Å². The summed E-state index contributed by atoms with van der Waals surface area (Å²) in [5, 5.41) is 14.6. The Labute approximate surface area is 294 Å².